The zero-order valence-electron chi connectivity index (χ0n) is 10.1. The highest BCUT2D eigenvalue weighted by Gasteiger charge is 2.12. The predicted octanol–water partition coefficient (Wildman–Crippen LogP) is 3.83. The van der Waals surface area contributed by atoms with Gasteiger partial charge in [-0.3, -0.25) is 0 Å². The van der Waals surface area contributed by atoms with Crippen molar-refractivity contribution in [3.8, 4) is 16.9 Å². The zero-order valence-corrected chi connectivity index (χ0v) is 11.8. The van der Waals surface area contributed by atoms with Crippen molar-refractivity contribution in [2.45, 2.75) is 12.6 Å². The van der Waals surface area contributed by atoms with Gasteiger partial charge in [-0.25, -0.2) is 13.5 Å². The molecule has 7 heteroatoms. The van der Waals surface area contributed by atoms with Gasteiger partial charge in [0.25, 0.3) is 0 Å². The fraction of sp³-hybridized carbons (Fsp3) is 0.250. The van der Waals surface area contributed by atoms with Gasteiger partial charge < -0.3 is 5.11 Å². The van der Waals surface area contributed by atoms with Crippen LogP contribution in [-0.2, 0) is 12.6 Å². The van der Waals surface area contributed by atoms with Crippen molar-refractivity contribution in [2.24, 2.45) is 0 Å². The summed E-state index contributed by atoms with van der Waals surface area (Å²) in [5.41, 5.74) is 1.20. The summed E-state index contributed by atoms with van der Waals surface area (Å²) in [6, 6.07) is 2.66. The molecule has 1 N–H and O–H groups in total. The van der Waals surface area contributed by atoms with Gasteiger partial charge in [-0.1, -0.05) is 21.6 Å². The van der Waals surface area contributed by atoms with Crippen molar-refractivity contribution in [3.05, 3.63) is 35.9 Å². The highest BCUT2D eigenvalue weighted by Crippen LogP contribution is 2.33. The summed E-state index contributed by atoms with van der Waals surface area (Å²) in [6.07, 6.45) is 4.68. The summed E-state index contributed by atoms with van der Waals surface area (Å²) in [5, 5.41) is 13.6. The van der Waals surface area contributed by atoms with E-state index in [0.717, 1.165) is 4.68 Å². The Bertz CT molecular complexity index is 575. The van der Waals surface area contributed by atoms with Crippen LogP contribution in [0, 0.1) is 5.82 Å². The van der Waals surface area contributed by atoms with E-state index in [2.05, 4.69) is 5.10 Å². The fourth-order valence-corrected chi connectivity index (χ4v) is 2.84. The van der Waals surface area contributed by atoms with Crippen LogP contribution in [-0.4, -0.2) is 21.1 Å². The number of aromatic hydroxyl groups is 1. The Balaban J connectivity index is 2.34. The third-order valence-electron chi connectivity index (χ3n) is 2.57. The molecule has 0 aliphatic rings. The number of hydrogen-bond donors (Lipinski definition) is 1. The van der Waals surface area contributed by atoms with Gasteiger partial charge in [0.1, 0.15) is 11.6 Å². The van der Waals surface area contributed by atoms with Gasteiger partial charge in [0.15, 0.2) is 6.80 Å². The van der Waals surface area contributed by atoms with Crippen molar-refractivity contribution in [3.63, 3.8) is 0 Å². The largest absolute Gasteiger partial charge is 0.508 e. The van der Waals surface area contributed by atoms with E-state index in [0.29, 0.717) is 16.9 Å². The molecule has 3 nitrogen and oxygen atoms in total. The van der Waals surface area contributed by atoms with Crippen LogP contribution in [0.3, 0.4) is 0 Å². The van der Waals surface area contributed by atoms with Crippen molar-refractivity contribution in [1.29, 1.82) is 0 Å². The van der Waals surface area contributed by atoms with Gasteiger partial charge >= 0.3 is 0 Å². The normalized spacial score (nSPS) is 10.9. The second-order valence-electron chi connectivity index (χ2n) is 3.78. The molecule has 102 valence electrons. The van der Waals surface area contributed by atoms with E-state index < -0.39 is 12.6 Å². The van der Waals surface area contributed by atoms with E-state index in [1.54, 1.807) is 10.8 Å². The number of nitrogens with zero attached hydrogens (tertiary/aromatic N) is 2. The molecule has 1 aromatic heterocycles. The SMILES string of the molecule is CSSCc1cc(F)c(-c2cnn(CF)c2)cc1O. The molecule has 1 heterocycles. The van der Waals surface area contributed by atoms with Crippen LogP contribution in [0.1, 0.15) is 5.56 Å². The lowest BCUT2D eigenvalue weighted by Crippen LogP contribution is -1.91. The number of halogens is 2. The molecule has 0 unspecified atom stereocenters. The third-order valence-corrected chi connectivity index (χ3v) is 4.29. The number of phenolic OH excluding ortho intramolecular Hbond substituents is 1. The maximum atomic E-state index is 14.0. The number of alkyl halides is 1. The molecule has 19 heavy (non-hydrogen) atoms. The highest BCUT2D eigenvalue weighted by molar-refractivity contribution is 8.76. The predicted molar refractivity (Wildman–Crippen MR) is 75.2 cm³/mol. The van der Waals surface area contributed by atoms with Gasteiger partial charge in [-0.05, 0) is 18.4 Å². The van der Waals surface area contributed by atoms with Crippen LogP contribution < -0.4 is 0 Å². The first-order valence-electron chi connectivity index (χ1n) is 5.41. The lowest BCUT2D eigenvalue weighted by atomic mass is 10.1. The van der Waals surface area contributed by atoms with Crippen molar-refractivity contribution < 1.29 is 13.9 Å². The second-order valence-corrected chi connectivity index (χ2v) is 6.34. The minimum Gasteiger partial charge on any atom is -0.508 e. The number of hydrogen-bond acceptors (Lipinski definition) is 4. The van der Waals surface area contributed by atoms with Crippen molar-refractivity contribution in [2.75, 3.05) is 6.26 Å². The number of phenols is 1. The Labute approximate surface area is 117 Å². The Morgan fingerprint density at radius 1 is 1.42 bits per heavy atom. The van der Waals surface area contributed by atoms with Crippen LogP contribution in [0.4, 0.5) is 8.78 Å². The molecule has 0 amide bonds. The molecule has 0 saturated heterocycles. The molecule has 2 aromatic rings. The first kappa shape index (κ1) is 14.2. The Morgan fingerprint density at radius 3 is 2.84 bits per heavy atom. The van der Waals surface area contributed by atoms with Gasteiger partial charge in [-0.2, -0.15) is 5.10 Å². The van der Waals surface area contributed by atoms with E-state index in [9.17, 15) is 13.9 Å². The number of aromatic nitrogens is 2. The van der Waals surface area contributed by atoms with Gasteiger partial charge in [-0.15, -0.1) is 0 Å². The van der Waals surface area contributed by atoms with Gasteiger partial charge in [0, 0.05) is 28.6 Å². The molecular formula is C12H12F2N2OS2. The Hall–Kier alpha value is -1.21. The average Bonchev–Trinajstić information content (AvgIpc) is 2.88. The lowest BCUT2D eigenvalue weighted by Gasteiger charge is -2.07. The molecule has 0 radical (unpaired) electrons. The Morgan fingerprint density at radius 2 is 2.21 bits per heavy atom. The molecule has 0 aliphatic carbocycles. The maximum Gasteiger partial charge on any atom is 0.181 e. The Kier molecular flexibility index (Phi) is 4.71. The van der Waals surface area contributed by atoms with E-state index in [1.165, 1.54) is 35.3 Å². The van der Waals surface area contributed by atoms with Gasteiger partial charge in [0.2, 0.25) is 0 Å². The van der Waals surface area contributed by atoms with E-state index in [4.69, 9.17) is 0 Å². The quantitative estimate of drug-likeness (QED) is 0.852. The average molecular weight is 302 g/mol. The fourth-order valence-electron chi connectivity index (χ4n) is 1.63. The van der Waals surface area contributed by atoms with E-state index in [1.807, 2.05) is 6.26 Å². The minimum absolute atomic E-state index is 0.0333. The van der Waals surface area contributed by atoms with Crippen LogP contribution in [0.5, 0.6) is 5.75 Å². The first-order chi connectivity index (χ1) is 9.15. The first-order valence-corrected chi connectivity index (χ1v) is 8.14. The molecule has 1 aromatic carbocycles. The summed E-state index contributed by atoms with van der Waals surface area (Å²) in [5.74, 6) is 0.104. The molecule has 0 spiro atoms. The topological polar surface area (TPSA) is 38.0 Å². The van der Waals surface area contributed by atoms with Crippen molar-refractivity contribution in [1.82, 2.24) is 9.78 Å². The molecular weight excluding hydrogens is 290 g/mol. The van der Waals surface area contributed by atoms with Gasteiger partial charge in [0.05, 0.1) is 6.20 Å². The zero-order chi connectivity index (χ0) is 13.8. The second kappa shape index (κ2) is 6.29. The molecule has 0 fully saturated rings. The summed E-state index contributed by atoms with van der Waals surface area (Å²) in [4.78, 5) is 0. The summed E-state index contributed by atoms with van der Waals surface area (Å²) >= 11 is 0. The summed E-state index contributed by atoms with van der Waals surface area (Å²) in [7, 11) is 3.06. The molecule has 0 aliphatic heterocycles. The molecule has 2 rings (SSSR count). The highest BCUT2D eigenvalue weighted by atomic mass is 33.1. The van der Waals surface area contributed by atoms with Crippen LogP contribution in [0.25, 0.3) is 11.1 Å². The summed E-state index contributed by atoms with van der Waals surface area (Å²) in [6.45, 7) is -0.768. The van der Waals surface area contributed by atoms with Crippen LogP contribution in [0.15, 0.2) is 24.5 Å². The maximum absolute atomic E-state index is 14.0. The standard InChI is InChI=1S/C12H12F2N2OS2/c1-18-19-6-8-2-11(14)10(3-12(8)17)9-4-15-16(5-9)7-13/h2-5,17H,6-7H2,1H3. The minimum atomic E-state index is -0.768. The van der Waals surface area contributed by atoms with Crippen LogP contribution >= 0.6 is 21.6 Å². The van der Waals surface area contributed by atoms with E-state index >= 15 is 0 Å². The monoisotopic (exact) mass is 302 g/mol. The summed E-state index contributed by atoms with van der Waals surface area (Å²) < 4.78 is 27.4. The lowest BCUT2D eigenvalue weighted by molar-refractivity contribution is 0.350. The molecule has 0 bridgehead atoms. The number of benzene rings is 1. The molecule has 0 atom stereocenters. The molecule has 0 saturated carbocycles. The number of rotatable bonds is 5. The third kappa shape index (κ3) is 3.22. The van der Waals surface area contributed by atoms with Crippen LogP contribution in [0.2, 0.25) is 0 Å². The van der Waals surface area contributed by atoms with Crippen molar-refractivity contribution >= 4 is 21.6 Å². The van der Waals surface area contributed by atoms with E-state index in [-0.39, 0.29) is 11.3 Å². The smallest absolute Gasteiger partial charge is 0.181 e.